The molecule has 0 aliphatic carbocycles. The van der Waals surface area contributed by atoms with E-state index in [0.29, 0.717) is 5.92 Å². The van der Waals surface area contributed by atoms with Gasteiger partial charge in [0.25, 0.3) is 0 Å². The summed E-state index contributed by atoms with van der Waals surface area (Å²) in [7, 11) is 4.12. The van der Waals surface area contributed by atoms with Crippen LogP contribution in [0.1, 0.15) is 18.1 Å². The van der Waals surface area contributed by atoms with Crippen molar-refractivity contribution >= 4 is 35.6 Å². The molecule has 0 radical (unpaired) electrons. The second-order valence-electron chi connectivity index (χ2n) is 8.83. The second-order valence-corrected chi connectivity index (χ2v) is 8.83. The highest BCUT2D eigenvalue weighted by Crippen LogP contribution is 2.23. The molecule has 2 saturated heterocycles. The van der Waals surface area contributed by atoms with E-state index in [1.165, 1.54) is 43.0 Å². The van der Waals surface area contributed by atoms with Gasteiger partial charge in [0, 0.05) is 78.2 Å². The summed E-state index contributed by atoms with van der Waals surface area (Å²) in [5.41, 5.74) is 4.16. The molecule has 30 heavy (non-hydrogen) atoms. The largest absolute Gasteiger partial charge is 0.368 e. The Bertz CT molecular complexity index is 678. The Morgan fingerprint density at radius 1 is 1.03 bits per heavy atom. The zero-order valence-electron chi connectivity index (χ0n) is 19.5. The van der Waals surface area contributed by atoms with Crippen molar-refractivity contribution in [2.75, 3.05) is 84.4 Å². The Hall–Kier alpha value is -1.06. The molecule has 1 atom stereocenters. The lowest BCUT2D eigenvalue weighted by atomic mass is 10.1. The monoisotopic (exact) mass is 528 g/mol. The highest BCUT2D eigenvalue weighted by Gasteiger charge is 2.22. The number of anilines is 1. The number of likely N-dealkylation sites (N-methyl/N-ethyl adjacent to an activating group) is 1. The summed E-state index contributed by atoms with van der Waals surface area (Å²) in [6.07, 6.45) is 0. The van der Waals surface area contributed by atoms with Gasteiger partial charge in [0.05, 0.1) is 0 Å². The molecule has 1 aromatic rings. The SMILES string of the molecule is CN=C(NCC(C)CN1CCN(C)CC1)N1CCN(c2cccc(C)c2C)CC1.I. The molecule has 1 unspecified atom stereocenters. The predicted molar refractivity (Wildman–Crippen MR) is 140 cm³/mol. The van der Waals surface area contributed by atoms with Crippen molar-refractivity contribution in [3.8, 4) is 0 Å². The maximum absolute atomic E-state index is 4.56. The highest BCUT2D eigenvalue weighted by atomic mass is 127. The number of nitrogens with zero attached hydrogens (tertiary/aromatic N) is 5. The molecular formula is C23H41IN6. The molecule has 7 heteroatoms. The Morgan fingerprint density at radius 3 is 2.33 bits per heavy atom. The maximum Gasteiger partial charge on any atom is 0.193 e. The average Bonchev–Trinajstić information content (AvgIpc) is 2.73. The highest BCUT2D eigenvalue weighted by molar-refractivity contribution is 14.0. The zero-order chi connectivity index (χ0) is 20.8. The molecule has 1 aromatic carbocycles. The molecule has 2 aliphatic heterocycles. The number of piperazine rings is 2. The third kappa shape index (κ3) is 6.72. The summed E-state index contributed by atoms with van der Waals surface area (Å²) < 4.78 is 0. The van der Waals surface area contributed by atoms with E-state index in [4.69, 9.17) is 0 Å². The fourth-order valence-corrected chi connectivity index (χ4v) is 4.37. The molecule has 0 bridgehead atoms. The van der Waals surface area contributed by atoms with Crippen molar-refractivity contribution in [3.63, 3.8) is 0 Å². The molecule has 1 N–H and O–H groups in total. The van der Waals surface area contributed by atoms with Crippen LogP contribution in [-0.4, -0.2) is 100 Å². The van der Waals surface area contributed by atoms with Crippen molar-refractivity contribution in [2.24, 2.45) is 10.9 Å². The number of hydrogen-bond donors (Lipinski definition) is 1. The van der Waals surface area contributed by atoms with Crippen LogP contribution in [0, 0.1) is 19.8 Å². The minimum Gasteiger partial charge on any atom is -0.368 e. The van der Waals surface area contributed by atoms with Crippen LogP contribution in [0.25, 0.3) is 0 Å². The first-order chi connectivity index (χ1) is 14.0. The van der Waals surface area contributed by atoms with Gasteiger partial charge in [-0.25, -0.2) is 0 Å². The summed E-state index contributed by atoms with van der Waals surface area (Å²) in [6.45, 7) is 17.8. The number of aliphatic imine (C=N–C) groups is 1. The van der Waals surface area contributed by atoms with E-state index >= 15 is 0 Å². The first-order valence-electron chi connectivity index (χ1n) is 11.2. The summed E-state index contributed by atoms with van der Waals surface area (Å²) >= 11 is 0. The van der Waals surface area contributed by atoms with Crippen LogP contribution in [0.3, 0.4) is 0 Å². The van der Waals surface area contributed by atoms with Crippen molar-refractivity contribution in [1.82, 2.24) is 20.0 Å². The Kier molecular flexibility index (Phi) is 10.2. The van der Waals surface area contributed by atoms with Gasteiger partial charge >= 0.3 is 0 Å². The molecule has 2 aliphatic rings. The van der Waals surface area contributed by atoms with E-state index in [9.17, 15) is 0 Å². The first-order valence-corrected chi connectivity index (χ1v) is 11.2. The van der Waals surface area contributed by atoms with E-state index in [1.54, 1.807) is 0 Å². The fraction of sp³-hybridized carbons (Fsp3) is 0.696. The van der Waals surface area contributed by atoms with Gasteiger partial charge < -0.3 is 24.9 Å². The van der Waals surface area contributed by atoms with Gasteiger partial charge in [-0.05, 0) is 44.0 Å². The van der Waals surface area contributed by atoms with Gasteiger partial charge in [-0.15, -0.1) is 24.0 Å². The molecule has 170 valence electrons. The minimum atomic E-state index is 0. The van der Waals surface area contributed by atoms with E-state index in [1.807, 2.05) is 7.05 Å². The normalized spacial score (nSPS) is 20.1. The molecule has 2 heterocycles. The Morgan fingerprint density at radius 2 is 1.70 bits per heavy atom. The standard InChI is InChI=1S/C23H40N6.HI/c1-19(18-27-11-9-26(5)10-12-27)17-25-23(24-4)29-15-13-28(14-16-29)22-8-6-7-20(2)21(22)3;/h6-8,19H,9-18H2,1-5H3,(H,24,25);1H. The number of hydrogen-bond acceptors (Lipinski definition) is 4. The topological polar surface area (TPSA) is 37.4 Å². The quantitative estimate of drug-likeness (QED) is 0.361. The zero-order valence-corrected chi connectivity index (χ0v) is 21.9. The first kappa shape index (κ1) is 25.2. The number of guanidine groups is 1. The van der Waals surface area contributed by atoms with Gasteiger partial charge in [-0.1, -0.05) is 19.1 Å². The molecule has 0 aromatic heterocycles. The molecular weight excluding hydrogens is 487 g/mol. The minimum absolute atomic E-state index is 0. The summed E-state index contributed by atoms with van der Waals surface area (Å²) in [4.78, 5) is 14.5. The number of halogens is 1. The van der Waals surface area contributed by atoms with E-state index in [2.05, 4.69) is 75.9 Å². The lowest BCUT2D eigenvalue weighted by Crippen LogP contribution is -2.53. The van der Waals surface area contributed by atoms with Crippen molar-refractivity contribution < 1.29 is 0 Å². The molecule has 2 fully saturated rings. The van der Waals surface area contributed by atoms with E-state index < -0.39 is 0 Å². The predicted octanol–water partition coefficient (Wildman–Crippen LogP) is 2.50. The van der Waals surface area contributed by atoms with Crippen molar-refractivity contribution in [3.05, 3.63) is 29.3 Å². The smallest absolute Gasteiger partial charge is 0.193 e. The van der Waals surface area contributed by atoms with Crippen LogP contribution in [0.5, 0.6) is 0 Å². The third-order valence-electron chi connectivity index (χ3n) is 6.48. The number of benzene rings is 1. The Labute approximate surface area is 200 Å². The maximum atomic E-state index is 4.56. The fourth-order valence-electron chi connectivity index (χ4n) is 4.37. The molecule has 0 saturated carbocycles. The van der Waals surface area contributed by atoms with Crippen molar-refractivity contribution in [2.45, 2.75) is 20.8 Å². The van der Waals surface area contributed by atoms with Crippen LogP contribution in [-0.2, 0) is 0 Å². The van der Waals surface area contributed by atoms with Gasteiger partial charge in [0.1, 0.15) is 0 Å². The number of nitrogens with one attached hydrogen (secondary N) is 1. The molecule has 6 nitrogen and oxygen atoms in total. The lowest BCUT2D eigenvalue weighted by Gasteiger charge is -2.39. The van der Waals surface area contributed by atoms with Gasteiger partial charge in [0.15, 0.2) is 5.96 Å². The van der Waals surface area contributed by atoms with E-state index in [-0.39, 0.29) is 24.0 Å². The van der Waals surface area contributed by atoms with Crippen LogP contribution in [0.4, 0.5) is 5.69 Å². The molecule has 0 amide bonds. The van der Waals surface area contributed by atoms with Gasteiger partial charge in [-0.3, -0.25) is 4.99 Å². The third-order valence-corrected chi connectivity index (χ3v) is 6.48. The molecule has 0 spiro atoms. The number of rotatable bonds is 5. The summed E-state index contributed by atoms with van der Waals surface area (Å²) in [5.74, 6) is 1.67. The van der Waals surface area contributed by atoms with Gasteiger partial charge in [-0.2, -0.15) is 0 Å². The van der Waals surface area contributed by atoms with Crippen LogP contribution < -0.4 is 10.2 Å². The Balaban J connectivity index is 0.00000320. The van der Waals surface area contributed by atoms with Crippen LogP contribution in [0.2, 0.25) is 0 Å². The average molecular weight is 529 g/mol. The summed E-state index contributed by atoms with van der Waals surface area (Å²) in [5, 5.41) is 3.63. The molecule has 3 rings (SSSR count). The van der Waals surface area contributed by atoms with Gasteiger partial charge in [0.2, 0.25) is 0 Å². The lowest BCUT2D eigenvalue weighted by molar-refractivity contribution is 0.139. The van der Waals surface area contributed by atoms with Crippen LogP contribution >= 0.6 is 24.0 Å². The van der Waals surface area contributed by atoms with E-state index in [0.717, 1.165) is 45.2 Å². The van der Waals surface area contributed by atoms with Crippen molar-refractivity contribution in [1.29, 1.82) is 0 Å². The van der Waals surface area contributed by atoms with Crippen LogP contribution in [0.15, 0.2) is 23.2 Å². The number of aryl methyl sites for hydroxylation is 1. The second kappa shape index (κ2) is 12.1. The summed E-state index contributed by atoms with van der Waals surface area (Å²) in [6, 6.07) is 6.63.